The maximum absolute atomic E-state index is 12.5. The minimum absolute atomic E-state index is 0.234. The zero-order valence-electron chi connectivity index (χ0n) is 14.8. The lowest BCUT2D eigenvalue weighted by Gasteiger charge is -2.10. The normalized spacial score (nSPS) is 10.5. The lowest BCUT2D eigenvalue weighted by atomic mass is 10.1. The molecule has 4 heteroatoms. The van der Waals surface area contributed by atoms with Gasteiger partial charge in [0.25, 0.3) is 5.91 Å². The summed E-state index contributed by atoms with van der Waals surface area (Å²) in [6.45, 7) is 0.426. The molecule has 0 atom stereocenters. The minimum Gasteiger partial charge on any atom is -0.348 e. The fourth-order valence-electron chi connectivity index (χ4n) is 2.57. The molecule has 0 saturated carbocycles. The molecular weight excluding hydrogens is 336 g/mol. The first kappa shape index (κ1) is 18.1. The van der Waals surface area contributed by atoms with Crippen LogP contribution in [0.15, 0.2) is 91.0 Å². The van der Waals surface area contributed by atoms with E-state index in [0.717, 1.165) is 11.1 Å². The molecule has 0 aromatic heterocycles. The Morgan fingerprint density at radius 2 is 1.41 bits per heavy atom. The number of rotatable bonds is 6. The zero-order valence-corrected chi connectivity index (χ0v) is 14.8. The Bertz CT molecular complexity index is 935. The molecule has 0 aliphatic carbocycles. The number of amides is 2. The van der Waals surface area contributed by atoms with Gasteiger partial charge in [-0.1, -0.05) is 72.8 Å². The highest BCUT2D eigenvalue weighted by Gasteiger charge is 2.11. The fourth-order valence-corrected chi connectivity index (χ4v) is 2.57. The van der Waals surface area contributed by atoms with Gasteiger partial charge in [0.05, 0.1) is 11.3 Å². The topological polar surface area (TPSA) is 58.2 Å². The highest BCUT2D eigenvalue weighted by Crippen LogP contribution is 2.15. The summed E-state index contributed by atoms with van der Waals surface area (Å²) in [5.74, 6) is -0.524. The van der Waals surface area contributed by atoms with Gasteiger partial charge in [0, 0.05) is 12.6 Å². The fraction of sp³-hybridized carbons (Fsp3) is 0.0435. The van der Waals surface area contributed by atoms with Gasteiger partial charge >= 0.3 is 0 Å². The van der Waals surface area contributed by atoms with Crippen molar-refractivity contribution in [1.82, 2.24) is 5.32 Å². The molecule has 134 valence electrons. The smallest absolute Gasteiger partial charge is 0.253 e. The first-order valence-electron chi connectivity index (χ1n) is 8.67. The molecule has 0 saturated heterocycles. The molecule has 0 aliphatic rings. The van der Waals surface area contributed by atoms with Gasteiger partial charge in [-0.05, 0) is 29.3 Å². The molecule has 2 amide bonds. The van der Waals surface area contributed by atoms with E-state index < -0.39 is 0 Å². The second kappa shape index (κ2) is 9.15. The van der Waals surface area contributed by atoms with Gasteiger partial charge in [0.2, 0.25) is 5.91 Å². The van der Waals surface area contributed by atoms with Crippen molar-refractivity contribution in [3.8, 4) is 0 Å². The highest BCUT2D eigenvalue weighted by molar-refractivity contribution is 6.07. The van der Waals surface area contributed by atoms with Crippen LogP contribution in [0.2, 0.25) is 0 Å². The van der Waals surface area contributed by atoms with Crippen LogP contribution in [-0.4, -0.2) is 11.8 Å². The van der Waals surface area contributed by atoms with Crippen LogP contribution in [0.1, 0.15) is 21.5 Å². The first-order chi connectivity index (χ1) is 13.2. The third-order valence-corrected chi connectivity index (χ3v) is 3.95. The Labute approximate surface area is 158 Å². The summed E-state index contributed by atoms with van der Waals surface area (Å²) >= 11 is 0. The molecule has 0 heterocycles. The van der Waals surface area contributed by atoms with Gasteiger partial charge in [-0.3, -0.25) is 9.59 Å². The van der Waals surface area contributed by atoms with E-state index >= 15 is 0 Å². The molecule has 4 nitrogen and oxygen atoms in total. The molecule has 0 fully saturated rings. The highest BCUT2D eigenvalue weighted by atomic mass is 16.2. The van der Waals surface area contributed by atoms with Crippen LogP contribution in [0.4, 0.5) is 5.69 Å². The number of carbonyl (C=O) groups is 2. The van der Waals surface area contributed by atoms with Crippen LogP contribution < -0.4 is 10.6 Å². The van der Waals surface area contributed by atoms with E-state index in [1.165, 1.54) is 6.08 Å². The van der Waals surface area contributed by atoms with Gasteiger partial charge in [-0.25, -0.2) is 0 Å². The molecule has 3 aromatic carbocycles. The molecule has 0 bridgehead atoms. The summed E-state index contributed by atoms with van der Waals surface area (Å²) in [6, 6.07) is 26.2. The summed E-state index contributed by atoms with van der Waals surface area (Å²) in [7, 11) is 0. The van der Waals surface area contributed by atoms with E-state index in [0.29, 0.717) is 17.8 Å². The Hall–Kier alpha value is -3.66. The van der Waals surface area contributed by atoms with Gasteiger partial charge in [-0.15, -0.1) is 0 Å². The Morgan fingerprint density at radius 3 is 2.15 bits per heavy atom. The predicted octanol–water partition coefficient (Wildman–Crippen LogP) is 4.27. The van der Waals surface area contributed by atoms with Crippen LogP contribution in [0, 0.1) is 0 Å². The quantitative estimate of drug-likeness (QED) is 0.648. The van der Waals surface area contributed by atoms with Crippen molar-refractivity contribution < 1.29 is 9.59 Å². The van der Waals surface area contributed by atoms with Gasteiger partial charge < -0.3 is 10.6 Å². The van der Waals surface area contributed by atoms with Crippen molar-refractivity contribution in [2.75, 3.05) is 5.32 Å². The minimum atomic E-state index is -0.290. The zero-order chi connectivity index (χ0) is 18.9. The van der Waals surface area contributed by atoms with Crippen LogP contribution in [0.3, 0.4) is 0 Å². The number of benzene rings is 3. The Morgan fingerprint density at radius 1 is 0.778 bits per heavy atom. The average molecular weight is 356 g/mol. The van der Waals surface area contributed by atoms with E-state index in [-0.39, 0.29) is 11.8 Å². The van der Waals surface area contributed by atoms with Gasteiger partial charge in [0.1, 0.15) is 0 Å². The molecule has 27 heavy (non-hydrogen) atoms. The van der Waals surface area contributed by atoms with Gasteiger partial charge in [-0.2, -0.15) is 0 Å². The first-order valence-corrected chi connectivity index (χ1v) is 8.67. The monoisotopic (exact) mass is 356 g/mol. The van der Waals surface area contributed by atoms with E-state index in [9.17, 15) is 9.59 Å². The summed E-state index contributed by atoms with van der Waals surface area (Å²) in [4.78, 5) is 24.7. The number of para-hydroxylation sites is 1. The molecule has 2 N–H and O–H groups in total. The van der Waals surface area contributed by atoms with E-state index in [4.69, 9.17) is 0 Å². The van der Waals surface area contributed by atoms with E-state index in [2.05, 4.69) is 10.6 Å². The lowest BCUT2D eigenvalue weighted by molar-refractivity contribution is -0.111. The number of anilines is 1. The average Bonchev–Trinajstić information content (AvgIpc) is 2.72. The summed E-state index contributed by atoms with van der Waals surface area (Å²) in [5, 5.41) is 5.65. The van der Waals surface area contributed by atoms with Crippen LogP contribution in [0.5, 0.6) is 0 Å². The Balaban J connectivity index is 1.65. The molecule has 3 rings (SSSR count). The number of carbonyl (C=O) groups excluding carboxylic acids is 2. The van der Waals surface area contributed by atoms with Crippen LogP contribution in [-0.2, 0) is 11.3 Å². The van der Waals surface area contributed by atoms with Crippen molar-refractivity contribution in [3.63, 3.8) is 0 Å². The molecule has 0 radical (unpaired) electrons. The summed E-state index contributed by atoms with van der Waals surface area (Å²) in [5.41, 5.74) is 2.85. The molecule has 0 spiro atoms. The van der Waals surface area contributed by atoms with Crippen molar-refractivity contribution >= 4 is 23.6 Å². The van der Waals surface area contributed by atoms with Gasteiger partial charge in [0.15, 0.2) is 0 Å². The van der Waals surface area contributed by atoms with Crippen LogP contribution >= 0.6 is 0 Å². The largest absolute Gasteiger partial charge is 0.348 e. The Kier molecular flexibility index (Phi) is 6.15. The maximum Gasteiger partial charge on any atom is 0.253 e. The lowest BCUT2D eigenvalue weighted by Crippen LogP contribution is -2.24. The standard InChI is InChI=1S/C23H20N2O2/c26-22(16-15-18-9-3-1-4-10-18)25-21-14-8-7-13-20(21)23(27)24-17-19-11-5-2-6-12-19/h1-16H,17H2,(H,24,27)(H,25,26)/b16-15+. The maximum atomic E-state index is 12.5. The third kappa shape index (κ3) is 5.41. The SMILES string of the molecule is O=C(/C=C/c1ccccc1)Nc1ccccc1C(=O)NCc1ccccc1. The number of hydrogen-bond acceptors (Lipinski definition) is 2. The number of nitrogens with one attached hydrogen (secondary N) is 2. The molecular formula is C23H20N2O2. The third-order valence-electron chi connectivity index (χ3n) is 3.95. The summed E-state index contributed by atoms with van der Waals surface area (Å²) < 4.78 is 0. The summed E-state index contributed by atoms with van der Waals surface area (Å²) in [6.07, 6.45) is 3.18. The number of hydrogen-bond donors (Lipinski definition) is 2. The van der Waals surface area contributed by atoms with Crippen LogP contribution in [0.25, 0.3) is 6.08 Å². The van der Waals surface area contributed by atoms with Crippen molar-refractivity contribution in [2.24, 2.45) is 0 Å². The van der Waals surface area contributed by atoms with Crippen molar-refractivity contribution in [3.05, 3.63) is 108 Å². The molecule has 0 unspecified atom stereocenters. The van der Waals surface area contributed by atoms with E-state index in [1.807, 2.05) is 60.7 Å². The molecule has 3 aromatic rings. The van der Waals surface area contributed by atoms with E-state index in [1.54, 1.807) is 30.3 Å². The predicted molar refractivity (Wildman–Crippen MR) is 108 cm³/mol. The molecule has 0 aliphatic heterocycles. The van der Waals surface area contributed by atoms with Crippen molar-refractivity contribution in [2.45, 2.75) is 6.54 Å². The second-order valence-electron chi connectivity index (χ2n) is 5.95. The second-order valence-corrected chi connectivity index (χ2v) is 5.95. The van der Waals surface area contributed by atoms with Crippen molar-refractivity contribution in [1.29, 1.82) is 0 Å².